The minimum atomic E-state index is -0.638. The Hall–Kier alpha value is -2.17. The highest BCUT2D eigenvalue weighted by Crippen LogP contribution is 2.11. The molecule has 5 heteroatoms. The third kappa shape index (κ3) is 2.44. The summed E-state index contributed by atoms with van der Waals surface area (Å²) in [6.07, 6.45) is 0. The van der Waals surface area contributed by atoms with Crippen molar-refractivity contribution in [3.8, 4) is 0 Å². The number of hydrogen-bond donors (Lipinski definition) is 1. The predicted molar refractivity (Wildman–Crippen MR) is 59.8 cm³/mol. The van der Waals surface area contributed by atoms with Crippen LogP contribution in [-0.4, -0.2) is 29.7 Å². The molecule has 16 heavy (non-hydrogen) atoms. The Morgan fingerprint density at radius 1 is 1.25 bits per heavy atom. The fraction of sp³-hybridized carbons (Fsp3) is 0.182. The average Bonchev–Trinajstić information content (AvgIpc) is 2.29. The summed E-state index contributed by atoms with van der Waals surface area (Å²) in [5, 5.41) is 11.3. The maximum absolute atomic E-state index is 11.7. The molecule has 84 valence electrons. The zero-order valence-corrected chi connectivity index (χ0v) is 9.04. The number of hydrogen-bond acceptors (Lipinski definition) is 4. The normalized spacial score (nSPS) is 11.0. The monoisotopic (exact) mass is 220 g/mol. The van der Waals surface area contributed by atoms with Crippen molar-refractivity contribution in [2.75, 3.05) is 11.9 Å². The quantitative estimate of drug-likeness (QED) is 0.358. The SMILES string of the molecule is CC(=O)C(=NO)C(=O)N(C)c1ccccc1. The van der Waals surface area contributed by atoms with Crippen molar-refractivity contribution in [1.82, 2.24) is 0 Å². The molecule has 1 N–H and O–H groups in total. The summed E-state index contributed by atoms with van der Waals surface area (Å²) in [5.74, 6) is -1.21. The Morgan fingerprint density at radius 2 is 1.81 bits per heavy atom. The van der Waals surface area contributed by atoms with E-state index >= 15 is 0 Å². The molecule has 0 saturated heterocycles. The van der Waals surface area contributed by atoms with Gasteiger partial charge < -0.3 is 10.1 Å². The molecule has 0 heterocycles. The number of carbonyl (C=O) groups excluding carboxylic acids is 2. The number of anilines is 1. The number of ketones is 1. The summed E-state index contributed by atoms with van der Waals surface area (Å²) in [6.45, 7) is 1.17. The lowest BCUT2D eigenvalue weighted by atomic mass is 10.2. The van der Waals surface area contributed by atoms with Crippen LogP contribution in [0.3, 0.4) is 0 Å². The second-order valence-electron chi connectivity index (χ2n) is 3.20. The lowest BCUT2D eigenvalue weighted by molar-refractivity contribution is -0.115. The van der Waals surface area contributed by atoms with Gasteiger partial charge in [0.25, 0.3) is 5.91 Å². The van der Waals surface area contributed by atoms with Crippen LogP contribution in [0.2, 0.25) is 0 Å². The molecule has 0 fully saturated rings. The van der Waals surface area contributed by atoms with Gasteiger partial charge in [-0.05, 0) is 12.1 Å². The van der Waals surface area contributed by atoms with Crippen LogP contribution in [-0.2, 0) is 9.59 Å². The summed E-state index contributed by atoms with van der Waals surface area (Å²) in [6, 6.07) is 8.78. The first kappa shape index (κ1) is 11.9. The van der Waals surface area contributed by atoms with Crippen molar-refractivity contribution < 1.29 is 14.8 Å². The topological polar surface area (TPSA) is 70.0 Å². The van der Waals surface area contributed by atoms with Gasteiger partial charge >= 0.3 is 0 Å². The van der Waals surface area contributed by atoms with E-state index in [0.29, 0.717) is 5.69 Å². The smallest absolute Gasteiger partial charge is 0.283 e. The number of amides is 1. The van der Waals surface area contributed by atoms with Gasteiger partial charge in [-0.3, -0.25) is 9.59 Å². The lowest BCUT2D eigenvalue weighted by Gasteiger charge is -2.16. The van der Waals surface area contributed by atoms with E-state index in [2.05, 4.69) is 5.16 Å². The first-order chi connectivity index (χ1) is 7.57. The van der Waals surface area contributed by atoms with Crippen molar-refractivity contribution in [2.45, 2.75) is 6.92 Å². The van der Waals surface area contributed by atoms with E-state index in [1.807, 2.05) is 6.07 Å². The zero-order chi connectivity index (χ0) is 12.1. The van der Waals surface area contributed by atoms with Crippen LogP contribution in [0.25, 0.3) is 0 Å². The van der Waals surface area contributed by atoms with Gasteiger partial charge in [0.15, 0.2) is 5.78 Å². The molecule has 5 nitrogen and oxygen atoms in total. The summed E-state index contributed by atoms with van der Waals surface area (Å²) >= 11 is 0. The number of benzene rings is 1. The van der Waals surface area contributed by atoms with Crippen molar-refractivity contribution >= 4 is 23.1 Å². The van der Waals surface area contributed by atoms with Gasteiger partial charge in [0.1, 0.15) is 0 Å². The van der Waals surface area contributed by atoms with Crippen LogP contribution in [0, 0.1) is 0 Å². The fourth-order valence-corrected chi connectivity index (χ4v) is 1.19. The lowest BCUT2D eigenvalue weighted by Crippen LogP contribution is -2.36. The second kappa shape index (κ2) is 5.06. The Kier molecular flexibility index (Phi) is 3.77. The maximum Gasteiger partial charge on any atom is 0.283 e. The van der Waals surface area contributed by atoms with Crippen molar-refractivity contribution in [1.29, 1.82) is 0 Å². The molecule has 1 aromatic carbocycles. The van der Waals surface area contributed by atoms with Crippen LogP contribution in [0.4, 0.5) is 5.69 Å². The van der Waals surface area contributed by atoms with E-state index in [9.17, 15) is 9.59 Å². The second-order valence-corrected chi connectivity index (χ2v) is 3.20. The van der Waals surface area contributed by atoms with Gasteiger partial charge in [0.05, 0.1) is 0 Å². The van der Waals surface area contributed by atoms with Gasteiger partial charge in [-0.1, -0.05) is 23.4 Å². The third-order valence-corrected chi connectivity index (χ3v) is 2.08. The molecular weight excluding hydrogens is 208 g/mol. The van der Waals surface area contributed by atoms with E-state index in [1.165, 1.54) is 18.9 Å². The number of rotatable bonds is 3. The number of oxime groups is 1. The van der Waals surface area contributed by atoms with Gasteiger partial charge in [-0.2, -0.15) is 0 Å². The zero-order valence-electron chi connectivity index (χ0n) is 9.04. The van der Waals surface area contributed by atoms with E-state index in [-0.39, 0.29) is 0 Å². The van der Waals surface area contributed by atoms with Crippen LogP contribution in [0.15, 0.2) is 35.5 Å². The number of Topliss-reactive ketones (excluding diaryl/α,β-unsaturated/α-hetero) is 1. The van der Waals surface area contributed by atoms with Gasteiger partial charge in [-0.15, -0.1) is 0 Å². The third-order valence-electron chi connectivity index (χ3n) is 2.08. The Bertz CT molecular complexity index is 426. The minimum absolute atomic E-state index is 0.480. The number of para-hydroxylation sites is 1. The predicted octanol–water partition coefficient (Wildman–Crippen LogP) is 1.07. The fourth-order valence-electron chi connectivity index (χ4n) is 1.19. The van der Waals surface area contributed by atoms with Gasteiger partial charge in [-0.25, -0.2) is 0 Å². The Labute approximate surface area is 93.0 Å². The molecule has 0 aliphatic rings. The van der Waals surface area contributed by atoms with Gasteiger partial charge in [0, 0.05) is 19.7 Å². The highest BCUT2D eigenvalue weighted by Gasteiger charge is 2.22. The summed E-state index contributed by atoms with van der Waals surface area (Å²) in [5.41, 5.74) is 0.140. The molecule has 0 bridgehead atoms. The highest BCUT2D eigenvalue weighted by molar-refractivity contribution is 6.67. The average molecular weight is 220 g/mol. The molecule has 0 spiro atoms. The summed E-state index contributed by atoms with van der Waals surface area (Å²) < 4.78 is 0. The van der Waals surface area contributed by atoms with Crippen LogP contribution < -0.4 is 4.90 Å². The van der Waals surface area contributed by atoms with Crippen molar-refractivity contribution in [3.63, 3.8) is 0 Å². The molecule has 0 aliphatic heterocycles. The largest absolute Gasteiger partial charge is 0.410 e. The number of carbonyl (C=O) groups is 2. The maximum atomic E-state index is 11.7. The molecule has 0 saturated carbocycles. The first-order valence-corrected chi connectivity index (χ1v) is 4.64. The van der Waals surface area contributed by atoms with Crippen LogP contribution in [0.1, 0.15) is 6.92 Å². The van der Waals surface area contributed by atoms with E-state index < -0.39 is 17.4 Å². The van der Waals surface area contributed by atoms with E-state index in [4.69, 9.17) is 5.21 Å². The molecule has 0 radical (unpaired) electrons. The molecule has 0 atom stereocenters. The minimum Gasteiger partial charge on any atom is -0.410 e. The van der Waals surface area contributed by atoms with Crippen LogP contribution >= 0.6 is 0 Å². The Balaban J connectivity index is 2.95. The molecular formula is C11H12N2O3. The molecule has 1 amide bonds. The van der Waals surface area contributed by atoms with Crippen molar-refractivity contribution in [3.05, 3.63) is 30.3 Å². The van der Waals surface area contributed by atoms with Crippen molar-refractivity contribution in [2.24, 2.45) is 5.16 Å². The first-order valence-electron chi connectivity index (χ1n) is 4.64. The van der Waals surface area contributed by atoms with Crippen LogP contribution in [0.5, 0.6) is 0 Å². The Morgan fingerprint density at radius 3 is 2.25 bits per heavy atom. The molecule has 1 rings (SSSR count). The standard InChI is InChI=1S/C11H12N2O3/c1-8(14)10(12-16)11(15)13(2)9-6-4-3-5-7-9/h3-7,16H,1-2H3. The molecule has 0 aliphatic carbocycles. The number of nitrogens with zero attached hydrogens (tertiary/aromatic N) is 2. The van der Waals surface area contributed by atoms with E-state index in [0.717, 1.165) is 0 Å². The highest BCUT2D eigenvalue weighted by atomic mass is 16.4. The van der Waals surface area contributed by atoms with E-state index in [1.54, 1.807) is 24.3 Å². The van der Waals surface area contributed by atoms with Gasteiger partial charge in [0.2, 0.25) is 5.71 Å². The molecule has 0 aromatic heterocycles. The summed E-state index contributed by atoms with van der Waals surface area (Å²) in [7, 11) is 1.51. The molecule has 1 aromatic rings. The summed E-state index contributed by atoms with van der Waals surface area (Å²) in [4.78, 5) is 24.0. The molecule has 0 unspecified atom stereocenters.